The second kappa shape index (κ2) is 8.51. The van der Waals surface area contributed by atoms with Crippen LogP contribution in [0.4, 0.5) is 0 Å². The van der Waals surface area contributed by atoms with Gasteiger partial charge < -0.3 is 14.8 Å². The molecule has 2 aromatic heterocycles. The van der Waals surface area contributed by atoms with Crippen LogP contribution in [0.15, 0.2) is 42.6 Å². The summed E-state index contributed by atoms with van der Waals surface area (Å²) in [7, 11) is 1.91. The fraction of sp³-hybridized carbons (Fsp3) is 0.375. The number of benzene rings is 1. The number of nitrogens with zero attached hydrogens (tertiary/aromatic N) is 3. The number of aryl methyl sites for hydroxylation is 1. The summed E-state index contributed by atoms with van der Waals surface area (Å²) in [6, 6.07) is 12.3. The molecule has 0 aliphatic carbocycles. The highest BCUT2D eigenvalue weighted by atomic mass is 16.5. The number of hydrogen-bond acceptors (Lipinski definition) is 5. The Morgan fingerprint density at radius 3 is 2.84 bits per heavy atom. The standard InChI is InChI=1S/C24H26N4O3/c1-28-10-8-20(27-28)17-6-4-16(5-7-17)13-18-14-22(26-21-9-12-31-23(18)21)24(29)25-19-3-2-11-30-15-19/h4-8,10,14,19H,2-3,9,11-13,15H2,1H3,(H,25,29). The maximum atomic E-state index is 12.8. The smallest absolute Gasteiger partial charge is 0.270 e. The van der Waals surface area contributed by atoms with Crippen LogP contribution in [0.5, 0.6) is 5.75 Å². The van der Waals surface area contributed by atoms with Crippen LogP contribution in [0.1, 0.15) is 40.2 Å². The van der Waals surface area contributed by atoms with E-state index >= 15 is 0 Å². The van der Waals surface area contributed by atoms with Gasteiger partial charge in [0.25, 0.3) is 5.91 Å². The molecular weight excluding hydrogens is 392 g/mol. The molecule has 0 saturated carbocycles. The summed E-state index contributed by atoms with van der Waals surface area (Å²) in [5.74, 6) is 0.684. The monoisotopic (exact) mass is 418 g/mol. The van der Waals surface area contributed by atoms with Crippen LogP contribution in [0.2, 0.25) is 0 Å². The van der Waals surface area contributed by atoms with Crippen molar-refractivity contribution in [2.45, 2.75) is 31.7 Å². The number of carbonyl (C=O) groups is 1. The van der Waals surface area contributed by atoms with Crippen LogP contribution in [-0.2, 0) is 24.6 Å². The van der Waals surface area contributed by atoms with Crippen LogP contribution >= 0.6 is 0 Å². The predicted octanol–water partition coefficient (Wildman–Crippen LogP) is 2.92. The van der Waals surface area contributed by atoms with Gasteiger partial charge in [-0.05, 0) is 30.5 Å². The lowest BCUT2D eigenvalue weighted by Crippen LogP contribution is -2.41. The highest BCUT2D eigenvalue weighted by Gasteiger charge is 2.24. The van der Waals surface area contributed by atoms with Gasteiger partial charge in [0.05, 0.1) is 30.6 Å². The average molecular weight is 418 g/mol. The number of amides is 1. The second-order valence-corrected chi connectivity index (χ2v) is 8.18. The summed E-state index contributed by atoms with van der Waals surface area (Å²) >= 11 is 0. The van der Waals surface area contributed by atoms with Gasteiger partial charge in [-0.2, -0.15) is 5.10 Å². The van der Waals surface area contributed by atoms with Crippen LogP contribution in [0.3, 0.4) is 0 Å². The average Bonchev–Trinajstić information content (AvgIpc) is 3.44. The Labute approximate surface area is 181 Å². The molecule has 5 rings (SSSR count). The number of nitrogens with one attached hydrogen (secondary N) is 1. The molecule has 2 aliphatic heterocycles. The molecule has 0 bridgehead atoms. The third-order valence-electron chi connectivity index (χ3n) is 5.79. The minimum Gasteiger partial charge on any atom is -0.491 e. The van der Waals surface area contributed by atoms with E-state index in [1.807, 2.05) is 25.4 Å². The molecule has 1 unspecified atom stereocenters. The fourth-order valence-corrected chi connectivity index (χ4v) is 4.18. The van der Waals surface area contributed by atoms with Gasteiger partial charge in [0.1, 0.15) is 11.4 Å². The number of fused-ring (bicyclic) bond motifs is 1. The number of ether oxygens (including phenoxy) is 2. The van der Waals surface area contributed by atoms with Crippen molar-refractivity contribution in [2.24, 2.45) is 7.05 Å². The SMILES string of the molecule is Cn1ccc(-c2ccc(Cc3cc(C(=O)NC4CCCOC4)nc4c3OCC4)cc2)n1. The van der Waals surface area contributed by atoms with E-state index in [0.29, 0.717) is 25.3 Å². The Bertz CT molecular complexity index is 1080. The Morgan fingerprint density at radius 1 is 1.23 bits per heavy atom. The van der Waals surface area contributed by atoms with Gasteiger partial charge in [0.15, 0.2) is 0 Å². The number of pyridine rings is 1. The van der Waals surface area contributed by atoms with E-state index in [1.54, 1.807) is 4.68 Å². The molecule has 1 atom stereocenters. The summed E-state index contributed by atoms with van der Waals surface area (Å²) in [5, 5.41) is 7.52. The molecule has 160 valence electrons. The van der Waals surface area contributed by atoms with E-state index in [0.717, 1.165) is 59.7 Å². The molecule has 2 aliphatic rings. The van der Waals surface area contributed by atoms with Crippen molar-refractivity contribution in [2.75, 3.05) is 19.8 Å². The van der Waals surface area contributed by atoms with E-state index in [4.69, 9.17) is 9.47 Å². The topological polar surface area (TPSA) is 78.3 Å². The minimum atomic E-state index is -0.142. The highest BCUT2D eigenvalue weighted by molar-refractivity contribution is 5.93. The Balaban J connectivity index is 1.36. The van der Waals surface area contributed by atoms with E-state index in [2.05, 4.69) is 39.7 Å². The molecule has 7 heteroatoms. The number of aromatic nitrogens is 3. The molecule has 31 heavy (non-hydrogen) atoms. The molecular formula is C24H26N4O3. The Hall–Kier alpha value is -3.19. The lowest BCUT2D eigenvalue weighted by molar-refractivity contribution is 0.0622. The molecule has 7 nitrogen and oxygen atoms in total. The van der Waals surface area contributed by atoms with E-state index in [1.165, 1.54) is 0 Å². The lowest BCUT2D eigenvalue weighted by atomic mass is 10.0. The van der Waals surface area contributed by atoms with Crippen molar-refractivity contribution in [3.05, 3.63) is 65.1 Å². The van der Waals surface area contributed by atoms with Crippen LogP contribution in [0.25, 0.3) is 11.3 Å². The first-order valence-electron chi connectivity index (χ1n) is 10.8. The van der Waals surface area contributed by atoms with E-state index in [9.17, 15) is 4.79 Å². The van der Waals surface area contributed by atoms with Gasteiger partial charge in [0.2, 0.25) is 0 Å². The summed E-state index contributed by atoms with van der Waals surface area (Å²) in [6.07, 6.45) is 5.26. The third kappa shape index (κ3) is 4.32. The lowest BCUT2D eigenvalue weighted by Gasteiger charge is -2.23. The van der Waals surface area contributed by atoms with Gasteiger partial charge in [-0.3, -0.25) is 9.48 Å². The molecule has 1 amide bonds. The first-order valence-corrected chi connectivity index (χ1v) is 10.8. The van der Waals surface area contributed by atoms with Gasteiger partial charge in [-0.15, -0.1) is 0 Å². The zero-order valence-electron chi connectivity index (χ0n) is 17.6. The largest absolute Gasteiger partial charge is 0.491 e. The van der Waals surface area contributed by atoms with Gasteiger partial charge in [-0.1, -0.05) is 24.3 Å². The molecule has 0 spiro atoms. The minimum absolute atomic E-state index is 0.0511. The maximum Gasteiger partial charge on any atom is 0.270 e. The highest BCUT2D eigenvalue weighted by Crippen LogP contribution is 2.31. The number of hydrogen-bond donors (Lipinski definition) is 1. The van der Waals surface area contributed by atoms with Crippen LogP contribution in [-0.4, -0.2) is 46.5 Å². The van der Waals surface area contributed by atoms with Gasteiger partial charge in [-0.25, -0.2) is 4.98 Å². The van der Waals surface area contributed by atoms with Crippen molar-refractivity contribution in [3.63, 3.8) is 0 Å². The van der Waals surface area contributed by atoms with Crippen molar-refractivity contribution in [1.29, 1.82) is 0 Å². The first-order chi connectivity index (χ1) is 15.2. The summed E-state index contributed by atoms with van der Waals surface area (Å²) in [5.41, 5.74) is 5.50. The van der Waals surface area contributed by atoms with Gasteiger partial charge >= 0.3 is 0 Å². The summed E-state index contributed by atoms with van der Waals surface area (Å²) < 4.78 is 13.1. The summed E-state index contributed by atoms with van der Waals surface area (Å²) in [4.78, 5) is 17.4. The normalized spacial score (nSPS) is 17.8. The van der Waals surface area contributed by atoms with E-state index < -0.39 is 0 Å². The molecule has 1 aromatic carbocycles. The Morgan fingerprint density at radius 2 is 2.10 bits per heavy atom. The third-order valence-corrected chi connectivity index (χ3v) is 5.79. The molecule has 0 radical (unpaired) electrons. The molecule has 4 heterocycles. The first kappa shape index (κ1) is 19.8. The maximum absolute atomic E-state index is 12.8. The fourth-order valence-electron chi connectivity index (χ4n) is 4.18. The van der Waals surface area contributed by atoms with Crippen molar-refractivity contribution in [3.8, 4) is 17.0 Å². The van der Waals surface area contributed by atoms with Crippen LogP contribution in [0, 0.1) is 0 Å². The molecule has 1 fully saturated rings. The molecule has 1 saturated heterocycles. The molecule has 1 N–H and O–H groups in total. The zero-order chi connectivity index (χ0) is 21.2. The van der Waals surface area contributed by atoms with Crippen molar-refractivity contribution in [1.82, 2.24) is 20.1 Å². The quantitative estimate of drug-likeness (QED) is 0.689. The van der Waals surface area contributed by atoms with Crippen molar-refractivity contribution < 1.29 is 14.3 Å². The van der Waals surface area contributed by atoms with Gasteiger partial charge in [0, 0.05) is 43.8 Å². The number of carbonyl (C=O) groups excluding carboxylic acids is 1. The summed E-state index contributed by atoms with van der Waals surface area (Å²) in [6.45, 7) is 1.94. The van der Waals surface area contributed by atoms with Crippen molar-refractivity contribution >= 4 is 5.91 Å². The zero-order valence-corrected chi connectivity index (χ0v) is 17.6. The second-order valence-electron chi connectivity index (χ2n) is 8.18. The predicted molar refractivity (Wildman–Crippen MR) is 116 cm³/mol. The number of rotatable bonds is 5. The van der Waals surface area contributed by atoms with Crippen LogP contribution < -0.4 is 10.1 Å². The Kier molecular flexibility index (Phi) is 5.42. The van der Waals surface area contributed by atoms with E-state index in [-0.39, 0.29) is 11.9 Å². The molecule has 3 aromatic rings.